The van der Waals surface area contributed by atoms with Gasteiger partial charge in [0.15, 0.2) is 11.5 Å². The highest BCUT2D eigenvalue weighted by Gasteiger charge is 2.41. The number of esters is 2. The summed E-state index contributed by atoms with van der Waals surface area (Å²) in [5.41, 5.74) is 1.90. The predicted octanol–water partition coefficient (Wildman–Crippen LogP) is 5.10. The Morgan fingerprint density at radius 1 is 0.932 bits per heavy atom. The van der Waals surface area contributed by atoms with Crippen molar-refractivity contribution in [2.24, 2.45) is 5.84 Å². The smallest absolute Gasteiger partial charge is 0.434 e. The summed E-state index contributed by atoms with van der Waals surface area (Å²) in [5.74, 6) is 3.07. The van der Waals surface area contributed by atoms with Crippen LogP contribution >= 0.6 is 0 Å². The van der Waals surface area contributed by atoms with Crippen molar-refractivity contribution in [2.75, 3.05) is 31.9 Å². The zero-order valence-corrected chi connectivity index (χ0v) is 25.3. The van der Waals surface area contributed by atoms with Crippen LogP contribution in [0.3, 0.4) is 0 Å². The summed E-state index contributed by atoms with van der Waals surface area (Å²) in [6, 6.07) is 17.4. The Kier molecular flexibility index (Phi) is 19.6. The fraction of sp³-hybridized carbons (Fsp3) is 0.333. The molecule has 1 aromatic heterocycles. The molecule has 2 aromatic carbocycles. The van der Waals surface area contributed by atoms with Crippen LogP contribution in [0.5, 0.6) is 0 Å². The average Bonchev–Trinajstić information content (AvgIpc) is 3.46. The molecule has 0 aliphatic rings. The number of benzene rings is 2. The number of alkyl halides is 3. The minimum atomic E-state index is -4.71. The molecule has 0 saturated carbocycles. The first kappa shape index (κ1) is 39.3. The van der Waals surface area contributed by atoms with Crippen molar-refractivity contribution in [3.8, 4) is 5.69 Å². The van der Waals surface area contributed by atoms with Gasteiger partial charge in [0.1, 0.15) is 17.4 Å². The lowest BCUT2D eigenvalue weighted by molar-refractivity contribution is -0.143. The summed E-state index contributed by atoms with van der Waals surface area (Å²) in [4.78, 5) is 33.6. The molecule has 0 unspecified atom stereocenters. The lowest BCUT2D eigenvalue weighted by atomic mass is 10.2. The number of hydrogen-bond acceptors (Lipinski definition) is 10. The lowest BCUT2D eigenvalue weighted by Crippen LogP contribution is -2.18. The van der Waals surface area contributed by atoms with Crippen molar-refractivity contribution in [3.63, 3.8) is 0 Å². The average molecular weight is 625 g/mol. The molecule has 3 rings (SSSR count). The Labute approximate surface area is 254 Å². The van der Waals surface area contributed by atoms with Gasteiger partial charge in [0, 0.05) is 12.3 Å². The Morgan fingerprint density at radius 2 is 1.45 bits per heavy atom. The number of carbonyl (C=O) groups excluding carboxylic acids is 3. The van der Waals surface area contributed by atoms with Gasteiger partial charge in [-0.15, -0.1) is 0 Å². The molecule has 0 bridgehead atoms. The molecule has 0 aliphatic heterocycles. The molecule has 44 heavy (non-hydrogen) atoms. The van der Waals surface area contributed by atoms with Crippen LogP contribution in [0, 0.1) is 0 Å². The van der Waals surface area contributed by atoms with Gasteiger partial charge in [-0.2, -0.15) is 18.3 Å². The maximum atomic E-state index is 13.2. The predicted molar refractivity (Wildman–Crippen MR) is 159 cm³/mol. The molecule has 0 radical (unpaired) electrons. The Hall–Kier alpha value is -4.69. The van der Waals surface area contributed by atoms with Gasteiger partial charge < -0.3 is 24.7 Å². The summed E-state index contributed by atoms with van der Waals surface area (Å²) in [6.45, 7) is 8.84. The van der Waals surface area contributed by atoms with Crippen LogP contribution < -0.4 is 11.3 Å². The summed E-state index contributed by atoms with van der Waals surface area (Å²) in [6.07, 6.45) is -2.71. The number of halogens is 3. The second-order valence-corrected chi connectivity index (χ2v) is 7.96. The highest BCUT2D eigenvalue weighted by atomic mass is 19.4. The number of nitrogen functional groups attached to an aromatic ring is 1. The zero-order chi connectivity index (χ0) is 33.5. The van der Waals surface area contributed by atoms with Crippen LogP contribution in [0.15, 0.2) is 78.7 Å². The topological polar surface area (TPSA) is 155 Å². The molecule has 1 heterocycles. The standard InChI is InChI=1S/C13H11F3N2O2.C9H14O4.C6H8N2.C2H6O/c1-2-20-12(19)10-8-17-18(11(10)13(14,15)16)9-6-4-3-5-7-9;1-4-12-6-8(7(3)10)9(11)13-5-2;7-8-6-4-2-1-3-5-6;1-2-3/h3-8H,2H2,1H3;6H,4-5H2,1-3H3;1-5,8H,7H2;3H,2H2,1H3/b;8-6+;;. The SMILES string of the molecule is CCO.CCO/C=C(\C(C)=O)C(=O)OCC.CCOC(=O)c1cnn(-c2ccccc2)c1C(F)(F)F.NNc1ccccc1. The number of ether oxygens (including phenoxy) is 3. The number of hydrogen-bond donors (Lipinski definition) is 3. The fourth-order valence-corrected chi connectivity index (χ4v) is 2.93. The van der Waals surface area contributed by atoms with Gasteiger partial charge in [0.25, 0.3) is 0 Å². The number of aliphatic hydroxyl groups is 1. The first-order valence-corrected chi connectivity index (χ1v) is 13.4. The first-order valence-electron chi connectivity index (χ1n) is 13.4. The van der Waals surface area contributed by atoms with Crippen LogP contribution in [0.1, 0.15) is 50.7 Å². The molecule has 0 aliphatic carbocycles. The second kappa shape index (κ2) is 21.9. The fourth-order valence-electron chi connectivity index (χ4n) is 2.93. The van der Waals surface area contributed by atoms with E-state index in [1.165, 1.54) is 26.0 Å². The number of para-hydroxylation sites is 2. The van der Waals surface area contributed by atoms with Crippen LogP contribution in [0.25, 0.3) is 5.69 Å². The van der Waals surface area contributed by atoms with E-state index in [9.17, 15) is 27.6 Å². The largest absolute Gasteiger partial charge is 0.500 e. The molecule has 0 saturated heterocycles. The third-order valence-electron chi connectivity index (χ3n) is 4.72. The van der Waals surface area contributed by atoms with E-state index in [1.54, 1.807) is 39.0 Å². The number of aromatic nitrogens is 2. The normalized spacial score (nSPS) is 10.4. The van der Waals surface area contributed by atoms with Gasteiger partial charge in [-0.25, -0.2) is 14.3 Å². The first-order chi connectivity index (χ1) is 20.9. The molecule has 3 aromatic rings. The highest BCUT2D eigenvalue weighted by Crippen LogP contribution is 2.33. The number of hydrazine groups is 1. The number of Topliss-reactive ketones (excluding diaryl/α,β-unsaturated/α-hetero) is 1. The van der Waals surface area contributed by atoms with Gasteiger partial charge in [-0.05, 0) is 58.9 Å². The maximum absolute atomic E-state index is 13.2. The van der Waals surface area contributed by atoms with Crippen molar-refractivity contribution >= 4 is 23.4 Å². The van der Waals surface area contributed by atoms with E-state index in [1.807, 2.05) is 30.3 Å². The minimum Gasteiger partial charge on any atom is -0.500 e. The molecule has 4 N–H and O–H groups in total. The molecule has 0 atom stereocenters. The Morgan fingerprint density at radius 3 is 1.86 bits per heavy atom. The Balaban J connectivity index is 0.000000659. The molecule has 14 heteroatoms. The number of anilines is 1. The third kappa shape index (κ3) is 14.5. The van der Waals surface area contributed by atoms with Crippen molar-refractivity contribution in [1.82, 2.24) is 9.78 Å². The van der Waals surface area contributed by atoms with Crippen LogP contribution in [0.2, 0.25) is 0 Å². The number of aliphatic hydroxyl groups excluding tert-OH is 1. The highest BCUT2D eigenvalue weighted by molar-refractivity contribution is 6.16. The van der Waals surface area contributed by atoms with Gasteiger partial charge in [0.2, 0.25) is 0 Å². The van der Waals surface area contributed by atoms with E-state index in [0.29, 0.717) is 11.3 Å². The van der Waals surface area contributed by atoms with Crippen molar-refractivity contribution < 1.29 is 46.9 Å². The van der Waals surface area contributed by atoms with Crippen LogP contribution in [-0.4, -0.2) is 59.0 Å². The molecule has 0 spiro atoms. The minimum absolute atomic E-state index is 0.00729. The van der Waals surface area contributed by atoms with E-state index < -0.39 is 29.4 Å². The molecule has 0 amide bonds. The van der Waals surface area contributed by atoms with Gasteiger partial charge in [-0.1, -0.05) is 36.4 Å². The van der Waals surface area contributed by atoms with Crippen molar-refractivity contribution in [2.45, 2.75) is 40.8 Å². The van der Waals surface area contributed by atoms with Gasteiger partial charge in [-0.3, -0.25) is 10.6 Å². The van der Waals surface area contributed by atoms with Crippen LogP contribution in [0.4, 0.5) is 18.9 Å². The molecular weight excluding hydrogens is 585 g/mol. The number of nitrogens with two attached hydrogens (primary N) is 1. The number of rotatable bonds is 9. The molecule has 242 valence electrons. The summed E-state index contributed by atoms with van der Waals surface area (Å²) in [7, 11) is 0. The second-order valence-electron chi connectivity index (χ2n) is 7.96. The van der Waals surface area contributed by atoms with Gasteiger partial charge >= 0.3 is 18.1 Å². The number of nitrogens with one attached hydrogen (secondary N) is 1. The van der Waals surface area contributed by atoms with E-state index in [2.05, 4.69) is 20.0 Å². The van der Waals surface area contributed by atoms with E-state index in [4.69, 9.17) is 15.7 Å². The molecule has 11 nitrogen and oxygen atoms in total. The lowest BCUT2D eigenvalue weighted by Gasteiger charge is -2.12. The van der Waals surface area contributed by atoms with E-state index in [-0.39, 0.29) is 36.9 Å². The van der Waals surface area contributed by atoms with E-state index in [0.717, 1.165) is 18.1 Å². The number of ketones is 1. The quantitative estimate of drug-likeness (QED) is 0.0557. The van der Waals surface area contributed by atoms with Gasteiger partial charge in [0.05, 0.1) is 31.7 Å². The summed E-state index contributed by atoms with van der Waals surface area (Å²) >= 11 is 0. The number of nitrogens with zero attached hydrogens (tertiary/aromatic N) is 2. The van der Waals surface area contributed by atoms with Crippen molar-refractivity contribution in [1.29, 1.82) is 0 Å². The summed E-state index contributed by atoms with van der Waals surface area (Å²) in [5, 5.41) is 11.2. The summed E-state index contributed by atoms with van der Waals surface area (Å²) < 4.78 is 54.3. The monoisotopic (exact) mass is 624 g/mol. The van der Waals surface area contributed by atoms with Crippen molar-refractivity contribution in [3.05, 3.63) is 90.0 Å². The molecular formula is C30H39F3N4O7. The van der Waals surface area contributed by atoms with E-state index >= 15 is 0 Å². The molecule has 0 fully saturated rings. The zero-order valence-electron chi connectivity index (χ0n) is 25.3. The third-order valence-corrected chi connectivity index (χ3v) is 4.72. The number of carbonyl (C=O) groups is 3. The Bertz CT molecular complexity index is 1280. The van der Waals surface area contributed by atoms with Crippen LogP contribution in [-0.2, 0) is 30.0 Å². The maximum Gasteiger partial charge on any atom is 0.434 e.